The summed E-state index contributed by atoms with van der Waals surface area (Å²) in [6.45, 7) is 6.19. The quantitative estimate of drug-likeness (QED) is 0.604. The number of carbonyl (C=O) groups is 2. The van der Waals surface area contributed by atoms with Crippen molar-refractivity contribution in [2.24, 2.45) is 0 Å². The lowest BCUT2D eigenvalue weighted by atomic mass is 9.98. The number of nitrogens with zero attached hydrogens (tertiary/aromatic N) is 1. The number of aryl methyl sites for hydroxylation is 1. The molecule has 1 saturated heterocycles. The zero-order chi connectivity index (χ0) is 22.5. The molecule has 3 aromatic carbocycles. The molecule has 0 bridgehead atoms. The van der Waals surface area contributed by atoms with Gasteiger partial charge in [-0.2, -0.15) is 0 Å². The number of carboxylic acid groups (broad SMARTS) is 1. The highest BCUT2D eigenvalue weighted by atomic mass is 16.5. The van der Waals surface area contributed by atoms with Gasteiger partial charge in [0.15, 0.2) is 0 Å². The predicted molar refractivity (Wildman–Crippen MR) is 124 cm³/mol. The fourth-order valence-electron chi connectivity index (χ4n) is 3.78. The van der Waals surface area contributed by atoms with Crippen molar-refractivity contribution in [1.29, 1.82) is 0 Å². The van der Waals surface area contributed by atoms with Gasteiger partial charge in [-0.05, 0) is 65.6 Å². The van der Waals surface area contributed by atoms with E-state index < -0.39 is 5.97 Å². The second kappa shape index (κ2) is 9.77. The van der Waals surface area contributed by atoms with Gasteiger partial charge in [-0.25, -0.2) is 4.79 Å². The van der Waals surface area contributed by atoms with E-state index in [1.807, 2.05) is 55.5 Å². The third-order valence-corrected chi connectivity index (χ3v) is 5.66. The Morgan fingerprint density at radius 3 is 2.25 bits per heavy atom. The lowest BCUT2D eigenvalue weighted by molar-refractivity contribution is 0.0342. The molecule has 1 amide bonds. The maximum Gasteiger partial charge on any atom is 0.335 e. The molecule has 1 aliphatic rings. The summed E-state index contributed by atoms with van der Waals surface area (Å²) in [5.41, 5.74) is 5.46. The highest BCUT2D eigenvalue weighted by Gasteiger charge is 2.12. The van der Waals surface area contributed by atoms with Crippen LogP contribution < -0.4 is 5.32 Å². The number of aromatic carboxylic acids is 1. The van der Waals surface area contributed by atoms with Crippen molar-refractivity contribution < 1.29 is 19.4 Å². The van der Waals surface area contributed by atoms with Gasteiger partial charge in [0.1, 0.15) is 0 Å². The van der Waals surface area contributed by atoms with Gasteiger partial charge in [-0.3, -0.25) is 9.69 Å². The lowest BCUT2D eigenvalue weighted by Gasteiger charge is -2.26. The molecule has 6 nitrogen and oxygen atoms in total. The maximum atomic E-state index is 12.6. The minimum absolute atomic E-state index is 0.167. The molecule has 6 heteroatoms. The van der Waals surface area contributed by atoms with Gasteiger partial charge in [0.2, 0.25) is 0 Å². The molecule has 3 aromatic rings. The van der Waals surface area contributed by atoms with Crippen LogP contribution >= 0.6 is 0 Å². The van der Waals surface area contributed by atoms with Crippen molar-refractivity contribution in [2.75, 3.05) is 31.6 Å². The Kier molecular flexibility index (Phi) is 6.63. The molecule has 4 rings (SSSR count). The summed E-state index contributed by atoms with van der Waals surface area (Å²) in [5, 5.41) is 12.2. The van der Waals surface area contributed by atoms with E-state index in [1.54, 1.807) is 18.2 Å². The number of carboxylic acids is 1. The third kappa shape index (κ3) is 5.22. The topological polar surface area (TPSA) is 78.9 Å². The van der Waals surface area contributed by atoms with E-state index in [-0.39, 0.29) is 11.5 Å². The molecule has 0 atom stereocenters. The normalized spacial score (nSPS) is 14.2. The molecule has 1 heterocycles. The molecule has 2 N–H and O–H groups in total. The number of morpholine rings is 1. The largest absolute Gasteiger partial charge is 0.478 e. The van der Waals surface area contributed by atoms with Gasteiger partial charge in [0.25, 0.3) is 5.91 Å². The van der Waals surface area contributed by atoms with Crippen molar-refractivity contribution in [3.05, 3.63) is 89.0 Å². The van der Waals surface area contributed by atoms with E-state index in [0.717, 1.165) is 49.5 Å². The first kappa shape index (κ1) is 21.7. The van der Waals surface area contributed by atoms with Crippen LogP contribution in [0.15, 0.2) is 66.7 Å². The van der Waals surface area contributed by atoms with Crippen molar-refractivity contribution in [3.8, 4) is 11.1 Å². The Hall–Kier alpha value is -3.48. The number of ether oxygens (including phenoxy) is 1. The number of amides is 1. The smallest absolute Gasteiger partial charge is 0.335 e. The van der Waals surface area contributed by atoms with Crippen molar-refractivity contribution in [1.82, 2.24) is 4.90 Å². The molecule has 164 valence electrons. The van der Waals surface area contributed by atoms with Gasteiger partial charge < -0.3 is 15.2 Å². The van der Waals surface area contributed by atoms with Crippen molar-refractivity contribution in [2.45, 2.75) is 13.5 Å². The van der Waals surface area contributed by atoms with Crippen LogP contribution in [0.5, 0.6) is 0 Å². The Bertz CT molecular complexity index is 1100. The number of benzene rings is 3. The summed E-state index contributed by atoms with van der Waals surface area (Å²) in [7, 11) is 0. The maximum absolute atomic E-state index is 12.6. The van der Waals surface area contributed by atoms with Crippen LogP contribution in [0.3, 0.4) is 0 Å². The van der Waals surface area contributed by atoms with Crippen LogP contribution in [0.1, 0.15) is 31.8 Å². The van der Waals surface area contributed by atoms with E-state index in [9.17, 15) is 14.7 Å². The fraction of sp³-hybridized carbons (Fsp3) is 0.231. The first-order valence-electron chi connectivity index (χ1n) is 10.6. The number of nitrogens with one attached hydrogen (secondary N) is 1. The number of hydrogen-bond acceptors (Lipinski definition) is 4. The summed E-state index contributed by atoms with van der Waals surface area (Å²) >= 11 is 0. The zero-order valence-corrected chi connectivity index (χ0v) is 18.0. The van der Waals surface area contributed by atoms with Gasteiger partial charge in [-0.1, -0.05) is 30.3 Å². The highest BCUT2D eigenvalue weighted by Crippen LogP contribution is 2.26. The number of rotatable bonds is 6. The molecular formula is C26H26N2O4. The van der Waals surface area contributed by atoms with Gasteiger partial charge in [-0.15, -0.1) is 0 Å². The van der Waals surface area contributed by atoms with Crippen LogP contribution in [0, 0.1) is 6.92 Å². The predicted octanol–water partition coefficient (Wildman–Crippen LogP) is 4.44. The SMILES string of the molecule is Cc1ccc(C(=O)O)cc1-c1ccc(NC(=O)c2ccc(CN3CCOCC3)cc2)cc1. The molecular weight excluding hydrogens is 404 g/mol. The van der Waals surface area contributed by atoms with Crippen LogP contribution in [0.25, 0.3) is 11.1 Å². The van der Waals surface area contributed by atoms with Crippen LogP contribution in [-0.2, 0) is 11.3 Å². The monoisotopic (exact) mass is 430 g/mol. The van der Waals surface area contributed by atoms with E-state index >= 15 is 0 Å². The lowest BCUT2D eigenvalue weighted by Crippen LogP contribution is -2.35. The summed E-state index contributed by atoms with van der Waals surface area (Å²) in [5.74, 6) is -1.12. The van der Waals surface area contributed by atoms with Gasteiger partial charge in [0.05, 0.1) is 18.8 Å². The molecule has 0 unspecified atom stereocenters. The Morgan fingerprint density at radius 1 is 0.938 bits per heavy atom. The molecule has 0 radical (unpaired) electrons. The first-order valence-corrected chi connectivity index (χ1v) is 10.6. The molecule has 0 spiro atoms. The van der Waals surface area contributed by atoms with E-state index in [0.29, 0.717) is 11.3 Å². The summed E-state index contributed by atoms with van der Waals surface area (Å²) in [6, 6.07) is 20.2. The molecule has 0 aliphatic carbocycles. The van der Waals surface area contributed by atoms with E-state index in [4.69, 9.17) is 4.74 Å². The van der Waals surface area contributed by atoms with E-state index in [2.05, 4.69) is 10.2 Å². The second-order valence-corrected chi connectivity index (χ2v) is 7.95. The molecule has 1 fully saturated rings. The molecule has 1 aliphatic heterocycles. The Balaban J connectivity index is 1.40. The van der Waals surface area contributed by atoms with Crippen LogP contribution in [-0.4, -0.2) is 48.2 Å². The average molecular weight is 431 g/mol. The number of carbonyl (C=O) groups excluding carboxylic acids is 1. The average Bonchev–Trinajstić information content (AvgIpc) is 2.81. The van der Waals surface area contributed by atoms with Gasteiger partial charge >= 0.3 is 5.97 Å². The van der Waals surface area contributed by atoms with Crippen LogP contribution in [0.2, 0.25) is 0 Å². The summed E-state index contributed by atoms with van der Waals surface area (Å²) < 4.78 is 5.38. The minimum Gasteiger partial charge on any atom is -0.478 e. The summed E-state index contributed by atoms with van der Waals surface area (Å²) in [6.07, 6.45) is 0. The van der Waals surface area contributed by atoms with E-state index in [1.165, 1.54) is 5.56 Å². The molecule has 32 heavy (non-hydrogen) atoms. The summed E-state index contributed by atoms with van der Waals surface area (Å²) in [4.78, 5) is 26.3. The second-order valence-electron chi connectivity index (χ2n) is 7.95. The first-order chi connectivity index (χ1) is 15.5. The molecule has 0 aromatic heterocycles. The minimum atomic E-state index is -0.953. The third-order valence-electron chi connectivity index (χ3n) is 5.66. The standard InChI is InChI=1S/C26H26N2O4/c1-18-2-5-22(26(30)31)16-24(18)20-8-10-23(11-9-20)27-25(29)21-6-3-19(4-7-21)17-28-12-14-32-15-13-28/h2-11,16H,12-15,17H2,1H3,(H,27,29)(H,30,31). The van der Waals surface area contributed by atoms with Crippen molar-refractivity contribution >= 4 is 17.6 Å². The number of hydrogen-bond donors (Lipinski definition) is 2. The van der Waals surface area contributed by atoms with Crippen molar-refractivity contribution in [3.63, 3.8) is 0 Å². The number of anilines is 1. The Labute approximate surface area is 187 Å². The van der Waals surface area contributed by atoms with Gasteiger partial charge in [0, 0.05) is 30.9 Å². The molecule has 0 saturated carbocycles. The Morgan fingerprint density at radius 2 is 1.59 bits per heavy atom. The zero-order valence-electron chi connectivity index (χ0n) is 18.0. The highest BCUT2D eigenvalue weighted by molar-refractivity contribution is 6.04. The fourth-order valence-corrected chi connectivity index (χ4v) is 3.78. The van der Waals surface area contributed by atoms with Crippen LogP contribution in [0.4, 0.5) is 5.69 Å².